The summed E-state index contributed by atoms with van der Waals surface area (Å²) in [5.74, 6) is -0.942. The van der Waals surface area contributed by atoms with Gasteiger partial charge < -0.3 is 15.6 Å². The van der Waals surface area contributed by atoms with Gasteiger partial charge in [0.05, 0.1) is 10.5 Å². The van der Waals surface area contributed by atoms with Crippen LogP contribution >= 0.6 is 15.9 Å². The summed E-state index contributed by atoms with van der Waals surface area (Å²) in [7, 11) is 0. The molecule has 0 amide bonds. The van der Waals surface area contributed by atoms with Crippen molar-refractivity contribution in [3.63, 3.8) is 0 Å². The number of nitrogens with two attached hydrogens (primary N) is 1. The molecule has 2 rings (SSSR count). The van der Waals surface area contributed by atoms with E-state index in [2.05, 4.69) is 15.9 Å². The summed E-state index contributed by atoms with van der Waals surface area (Å²) < 4.78 is 6.20. The number of halogens is 1. The van der Waals surface area contributed by atoms with Crippen molar-refractivity contribution in [3.05, 3.63) is 28.2 Å². The minimum Gasteiger partial charge on any atom is -0.491 e. The van der Waals surface area contributed by atoms with Crippen molar-refractivity contribution in [2.45, 2.75) is 6.04 Å². The molecular weight excluding hydrogens is 262 g/mol. The predicted octanol–water partition coefficient (Wildman–Crippen LogP) is 1.54. The third kappa shape index (κ3) is 1.72. The number of carbonyl (C=O) groups is 1. The second-order valence-electron chi connectivity index (χ2n) is 3.44. The zero-order valence-electron chi connectivity index (χ0n) is 7.81. The Kier molecular flexibility index (Phi) is 2.67. The number of carboxylic acid groups (broad SMARTS) is 1. The smallest absolute Gasteiger partial charge is 0.311 e. The number of hydrogen-bond acceptors (Lipinski definition) is 3. The minimum atomic E-state index is -0.923. The molecule has 1 aromatic rings. The highest BCUT2D eigenvalue weighted by Gasteiger charge is 2.34. The summed E-state index contributed by atoms with van der Waals surface area (Å²) >= 11 is 3.34. The first-order valence-electron chi connectivity index (χ1n) is 4.51. The van der Waals surface area contributed by atoms with Crippen LogP contribution in [0.1, 0.15) is 11.6 Å². The number of fused-ring (bicyclic) bond motifs is 1. The lowest BCUT2D eigenvalue weighted by Gasteiger charge is -2.29. The molecule has 4 nitrogen and oxygen atoms in total. The van der Waals surface area contributed by atoms with Crippen molar-refractivity contribution in [1.29, 1.82) is 0 Å². The van der Waals surface area contributed by atoms with Crippen molar-refractivity contribution >= 4 is 21.9 Å². The molecule has 0 aromatic heterocycles. The van der Waals surface area contributed by atoms with Crippen molar-refractivity contribution in [2.24, 2.45) is 11.7 Å². The van der Waals surface area contributed by atoms with Crippen LogP contribution in [0.5, 0.6) is 5.75 Å². The normalized spacial score (nSPS) is 24.1. The maximum atomic E-state index is 10.9. The number of benzene rings is 1. The van der Waals surface area contributed by atoms with Crippen LogP contribution in [-0.2, 0) is 4.79 Å². The van der Waals surface area contributed by atoms with Gasteiger partial charge in [-0.05, 0) is 22.0 Å². The fraction of sp³-hybridized carbons (Fsp3) is 0.300. The summed E-state index contributed by atoms with van der Waals surface area (Å²) in [4.78, 5) is 10.9. The van der Waals surface area contributed by atoms with Crippen LogP contribution in [0, 0.1) is 5.92 Å². The van der Waals surface area contributed by atoms with Crippen molar-refractivity contribution in [3.8, 4) is 5.75 Å². The highest BCUT2D eigenvalue weighted by atomic mass is 79.9. The molecule has 1 heterocycles. The number of para-hydroxylation sites is 1. The third-order valence-corrected chi connectivity index (χ3v) is 3.14. The van der Waals surface area contributed by atoms with Gasteiger partial charge in [-0.25, -0.2) is 0 Å². The average Bonchev–Trinajstić information content (AvgIpc) is 2.19. The zero-order valence-corrected chi connectivity index (χ0v) is 9.40. The molecule has 0 bridgehead atoms. The maximum absolute atomic E-state index is 10.9. The van der Waals surface area contributed by atoms with Gasteiger partial charge in [0.15, 0.2) is 0 Å². The first-order chi connectivity index (χ1) is 7.11. The molecule has 0 spiro atoms. The number of rotatable bonds is 1. The molecule has 0 fully saturated rings. The Morgan fingerprint density at radius 1 is 1.60 bits per heavy atom. The molecule has 0 saturated heterocycles. The van der Waals surface area contributed by atoms with E-state index in [-0.39, 0.29) is 6.61 Å². The van der Waals surface area contributed by atoms with Gasteiger partial charge in [-0.15, -0.1) is 0 Å². The quantitative estimate of drug-likeness (QED) is 0.813. The number of hydrogen-bond donors (Lipinski definition) is 2. The summed E-state index contributed by atoms with van der Waals surface area (Å²) in [5, 5.41) is 8.93. The Balaban J connectivity index is 2.42. The Hall–Kier alpha value is -1.07. The molecule has 2 atom stereocenters. The molecule has 0 radical (unpaired) electrons. The van der Waals surface area contributed by atoms with Gasteiger partial charge in [0.2, 0.25) is 0 Å². The van der Waals surface area contributed by atoms with Crippen LogP contribution in [0.3, 0.4) is 0 Å². The summed E-state index contributed by atoms with van der Waals surface area (Å²) in [6.07, 6.45) is 0. The lowest BCUT2D eigenvalue weighted by Crippen LogP contribution is -2.36. The second kappa shape index (κ2) is 3.83. The van der Waals surface area contributed by atoms with E-state index in [9.17, 15) is 4.79 Å². The molecular formula is C10H10BrNO3. The van der Waals surface area contributed by atoms with Crippen LogP contribution in [0.15, 0.2) is 22.7 Å². The second-order valence-corrected chi connectivity index (χ2v) is 4.29. The summed E-state index contributed by atoms with van der Waals surface area (Å²) in [6.45, 7) is 0.117. The van der Waals surface area contributed by atoms with Crippen LogP contribution in [0.25, 0.3) is 0 Å². The van der Waals surface area contributed by atoms with E-state index >= 15 is 0 Å². The minimum absolute atomic E-state index is 0.117. The molecule has 80 valence electrons. The molecule has 3 N–H and O–H groups in total. The lowest BCUT2D eigenvalue weighted by molar-refractivity contribution is -0.144. The SMILES string of the molecule is NC1c2cccc(Br)c2OCC1C(=O)O. The fourth-order valence-electron chi connectivity index (χ4n) is 1.66. The zero-order chi connectivity index (χ0) is 11.0. The largest absolute Gasteiger partial charge is 0.491 e. The van der Waals surface area contributed by atoms with Crippen LogP contribution in [0.2, 0.25) is 0 Å². The monoisotopic (exact) mass is 271 g/mol. The summed E-state index contributed by atoms with van der Waals surface area (Å²) in [5.41, 5.74) is 6.62. The Morgan fingerprint density at radius 3 is 3.00 bits per heavy atom. The molecule has 5 heteroatoms. The van der Waals surface area contributed by atoms with E-state index in [1.807, 2.05) is 12.1 Å². The molecule has 1 aliphatic rings. The van der Waals surface area contributed by atoms with Gasteiger partial charge in [0.25, 0.3) is 0 Å². The van der Waals surface area contributed by atoms with Crippen molar-refractivity contribution in [1.82, 2.24) is 0 Å². The van der Waals surface area contributed by atoms with E-state index in [0.29, 0.717) is 5.75 Å². The van der Waals surface area contributed by atoms with E-state index in [1.165, 1.54) is 0 Å². The standard InChI is InChI=1S/C10H10BrNO3/c11-7-3-1-2-5-8(12)6(10(13)14)4-15-9(5)7/h1-3,6,8H,4,12H2,(H,13,14). The van der Waals surface area contributed by atoms with Gasteiger partial charge in [-0.2, -0.15) is 0 Å². The number of carboxylic acids is 1. The topological polar surface area (TPSA) is 72.5 Å². The van der Waals surface area contributed by atoms with E-state index in [0.717, 1.165) is 10.0 Å². The highest BCUT2D eigenvalue weighted by Crippen LogP contribution is 2.38. The molecule has 1 aliphatic heterocycles. The third-order valence-electron chi connectivity index (χ3n) is 2.51. The van der Waals surface area contributed by atoms with Crippen LogP contribution < -0.4 is 10.5 Å². The van der Waals surface area contributed by atoms with E-state index in [1.54, 1.807) is 6.07 Å². The maximum Gasteiger partial charge on any atom is 0.311 e. The van der Waals surface area contributed by atoms with Gasteiger partial charge in [-0.1, -0.05) is 12.1 Å². The highest BCUT2D eigenvalue weighted by molar-refractivity contribution is 9.10. The van der Waals surface area contributed by atoms with E-state index < -0.39 is 17.9 Å². The molecule has 1 aromatic carbocycles. The van der Waals surface area contributed by atoms with Crippen molar-refractivity contribution in [2.75, 3.05) is 6.61 Å². The molecule has 0 aliphatic carbocycles. The Morgan fingerprint density at radius 2 is 2.33 bits per heavy atom. The Labute approximate surface area is 95.2 Å². The first-order valence-corrected chi connectivity index (χ1v) is 5.30. The van der Waals surface area contributed by atoms with Gasteiger partial charge in [-0.3, -0.25) is 4.79 Å². The molecule has 0 saturated carbocycles. The first kappa shape index (κ1) is 10.4. The van der Waals surface area contributed by atoms with Gasteiger partial charge >= 0.3 is 5.97 Å². The van der Waals surface area contributed by atoms with Crippen LogP contribution in [0.4, 0.5) is 0 Å². The van der Waals surface area contributed by atoms with Crippen molar-refractivity contribution < 1.29 is 14.6 Å². The van der Waals surface area contributed by atoms with E-state index in [4.69, 9.17) is 15.6 Å². The van der Waals surface area contributed by atoms with Crippen LogP contribution in [-0.4, -0.2) is 17.7 Å². The molecule has 2 unspecified atom stereocenters. The number of ether oxygens (including phenoxy) is 1. The Bertz CT molecular complexity index is 408. The fourth-order valence-corrected chi connectivity index (χ4v) is 2.15. The lowest BCUT2D eigenvalue weighted by atomic mass is 9.91. The van der Waals surface area contributed by atoms with Gasteiger partial charge in [0.1, 0.15) is 18.3 Å². The predicted molar refractivity (Wildman–Crippen MR) is 57.7 cm³/mol. The molecule has 15 heavy (non-hydrogen) atoms. The van der Waals surface area contributed by atoms with Gasteiger partial charge in [0, 0.05) is 5.56 Å². The summed E-state index contributed by atoms with van der Waals surface area (Å²) in [6, 6.07) is 4.94. The average molecular weight is 272 g/mol. The number of aliphatic carboxylic acids is 1.